The summed E-state index contributed by atoms with van der Waals surface area (Å²) in [5, 5.41) is 3.97. The van der Waals surface area contributed by atoms with Gasteiger partial charge in [-0.3, -0.25) is 4.79 Å². The number of para-hydroxylation sites is 1. The predicted molar refractivity (Wildman–Crippen MR) is 83.2 cm³/mol. The minimum atomic E-state index is -0.109. The zero-order chi connectivity index (χ0) is 13.9. The summed E-state index contributed by atoms with van der Waals surface area (Å²) in [6.45, 7) is 0.746. The maximum absolute atomic E-state index is 12.1. The number of nitrogens with one attached hydrogen (secondary N) is 1. The van der Waals surface area contributed by atoms with E-state index in [1.165, 1.54) is 25.7 Å². The van der Waals surface area contributed by atoms with Gasteiger partial charge in [-0.15, -0.1) is 0 Å². The molecule has 4 heteroatoms. The predicted octanol–water partition coefficient (Wildman–Crippen LogP) is 4.12. The van der Waals surface area contributed by atoms with E-state index in [2.05, 4.69) is 21.2 Å². The van der Waals surface area contributed by atoms with Gasteiger partial charge in [-0.1, -0.05) is 34.1 Å². The zero-order valence-corrected chi connectivity index (χ0v) is 12.9. The molecule has 0 spiro atoms. The molecule has 0 atom stereocenters. The van der Waals surface area contributed by atoms with Crippen molar-refractivity contribution < 1.29 is 9.21 Å². The Kier molecular flexibility index (Phi) is 4.10. The molecule has 0 aliphatic heterocycles. The van der Waals surface area contributed by atoms with Crippen LogP contribution in [0.15, 0.2) is 34.7 Å². The van der Waals surface area contributed by atoms with Crippen LogP contribution in [0.2, 0.25) is 0 Å². The minimum Gasteiger partial charge on any atom is -0.451 e. The van der Waals surface area contributed by atoms with Crippen molar-refractivity contribution >= 4 is 32.8 Å². The number of carbonyl (C=O) groups is 1. The molecule has 0 bridgehead atoms. The normalized spacial score (nSPS) is 22.9. The highest BCUT2D eigenvalue weighted by atomic mass is 79.9. The highest BCUT2D eigenvalue weighted by Crippen LogP contribution is 2.28. The van der Waals surface area contributed by atoms with Crippen LogP contribution in [0.5, 0.6) is 0 Å². The van der Waals surface area contributed by atoms with E-state index in [9.17, 15) is 4.79 Å². The highest BCUT2D eigenvalue weighted by molar-refractivity contribution is 9.09. The Labute approximate surface area is 126 Å². The average molecular weight is 336 g/mol. The third-order valence-corrected chi connectivity index (χ3v) is 4.89. The van der Waals surface area contributed by atoms with Crippen molar-refractivity contribution in [2.75, 3.05) is 6.54 Å². The second kappa shape index (κ2) is 6.00. The summed E-state index contributed by atoms with van der Waals surface area (Å²) in [5.74, 6) is 0.889. The number of halogens is 1. The molecule has 1 aromatic carbocycles. The standard InChI is InChI=1S/C16H18BrNO2/c17-13-7-5-11(6-8-13)10-18-16(19)15-9-12-3-1-2-4-14(12)20-15/h1-4,9,11,13H,5-8,10H2,(H,18,19). The molecular formula is C16H18BrNO2. The maximum Gasteiger partial charge on any atom is 0.287 e. The molecule has 20 heavy (non-hydrogen) atoms. The topological polar surface area (TPSA) is 42.2 Å². The van der Waals surface area contributed by atoms with Gasteiger partial charge in [0.05, 0.1) is 0 Å². The first-order valence-electron chi connectivity index (χ1n) is 7.13. The summed E-state index contributed by atoms with van der Waals surface area (Å²) < 4.78 is 5.57. The molecule has 3 nitrogen and oxygen atoms in total. The largest absolute Gasteiger partial charge is 0.451 e. The molecule has 106 valence electrons. The average Bonchev–Trinajstić information content (AvgIpc) is 2.90. The lowest BCUT2D eigenvalue weighted by atomic mass is 9.89. The van der Waals surface area contributed by atoms with Crippen LogP contribution >= 0.6 is 15.9 Å². The van der Waals surface area contributed by atoms with E-state index in [0.29, 0.717) is 16.5 Å². The number of rotatable bonds is 3. The van der Waals surface area contributed by atoms with E-state index >= 15 is 0 Å². The van der Waals surface area contributed by atoms with Crippen molar-refractivity contribution in [2.45, 2.75) is 30.5 Å². The molecule has 1 fully saturated rings. The van der Waals surface area contributed by atoms with Gasteiger partial charge in [-0.25, -0.2) is 0 Å². The first-order chi connectivity index (χ1) is 9.72. The number of carbonyl (C=O) groups excluding carboxylic acids is 1. The summed E-state index contributed by atoms with van der Waals surface area (Å²) >= 11 is 3.65. The lowest BCUT2D eigenvalue weighted by Gasteiger charge is -2.25. The monoisotopic (exact) mass is 335 g/mol. The van der Waals surface area contributed by atoms with E-state index in [1.807, 2.05) is 24.3 Å². The third-order valence-electron chi connectivity index (χ3n) is 3.98. The fourth-order valence-corrected chi connectivity index (χ4v) is 3.27. The maximum atomic E-state index is 12.1. The van der Waals surface area contributed by atoms with E-state index in [1.54, 1.807) is 6.07 Å². The quantitative estimate of drug-likeness (QED) is 0.857. The van der Waals surface area contributed by atoms with Crippen molar-refractivity contribution in [3.05, 3.63) is 36.1 Å². The lowest BCUT2D eigenvalue weighted by Crippen LogP contribution is -2.31. The van der Waals surface area contributed by atoms with E-state index < -0.39 is 0 Å². The second-order valence-corrected chi connectivity index (χ2v) is 6.77. The molecule has 1 aliphatic carbocycles. The van der Waals surface area contributed by atoms with Gasteiger partial charge in [0.2, 0.25) is 0 Å². The van der Waals surface area contributed by atoms with Crippen molar-refractivity contribution in [3.8, 4) is 0 Å². The molecule has 1 aliphatic rings. The van der Waals surface area contributed by atoms with Crippen molar-refractivity contribution in [1.29, 1.82) is 0 Å². The molecule has 1 amide bonds. The highest BCUT2D eigenvalue weighted by Gasteiger charge is 2.20. The molecule has 3 rings (SSSR count). The Balaban J connectivity index is 1.59. The van der Waals surface area contributed by atoms with E-state index in [0.717, 1.165) is 17.5 Å². The number of fused-ring (bicyclic) bond motifs is 1. The Morgan fingerprint density at radius 2 is 2.00 bits per heavy atom. The van der Waals surface area contributed by atoms with Crippen molar-refractivity contribution in [3.63, 3.8) is 0 Å². The summed E-state index contributed by atoms with van der Waals surface area (Å²) in [4.78, 5) is 12.8. The van der Waals surface area contributed by atoms with Gasteiger partial charge in [-0.05, 0) is 43.7 Å². The van der Waals surface area contributed by atoms with Crippen molar-refractivity contribution in [1.82, 2.24) is 5.32 Å². The smallest absolute Gasteiger partial charge is 0.287 e. The fraction of sp³-hybridized carbons (Fsp3) is 0.438. The van der Waals surface area contributed by atoms with Gasteiger partial charge >= 0.3 is 0 Å². The van der Waals surface area contributed by atoms with Crippen LogP contribution in [0.4, 0.5) is 0 Å². The number of amides is 1. The lowest BCUT2D eigenvalue weighted by molar-refractivity contribution is 0.0918. The molecule has 0 unspecified atom stereocenters. The molecular weight excluding hydrogens is 318 g/mol. The molecule has 1 N–H and O–H groups in total. The number of hydrogen-bond acceptors (Lipinski definition) is 2. The summed E-state index contributed by atoms with van der Waals surface area (Å²) in [7, 11) is 0. The Bertz CT molecular complexity index is 566. The van der Waals surface area contributed by atoms with Crippen LogP contribution in [0.1, 0.15) is 36.2 Å². The Morgan fingerprint density at radius 3 is 2.75 bits per heavy atom. The van der Waals surface area contributed by atoms with Gasteiger partial charge in [-0.2, -0.15) is 0 Å². The van der Waals surface area contributed by atoms with Crippen LogP contribution < -0.4 is 5.32 Å². The van der Waals surface area contributed by atoms with E-state index in [-0.39, 0.29) is 5.91 Å². The Hall–Kier alpha value is -1.29. The van der Waals surface area contributed by atoms with E-state index in [4.69, 9.17) is 4.42 Å². The SMILES string of the molecule is O=C(NCC1CCC(Br)CC1)c1cc2ccccc2o1. The van der Waals surface area contributed by atoms with Crippen LogP contribution in [-0.2, 0) is 0 Å². The first-order valence-corrected chi connectivity index (χ1v) is 8.05. The summed E-state index contributed by atoms with van der Waals surface area (Å²) in [5.41, 5.74) is 0.762. The van der Waals surface area contributed by atoms with Crippen molar-refractivity contribution in [2.24, 2.45) is 5.92 Å². The number of alkyl halides is 1. The third kappa shape index (κ3) is 3.06. The number of furan rings is 1. The molecule has 2 aromatic rings. The zero-order valence-electron chi connectivity index (χ0n) is 11.3. The minimum absolute atomic E-state index is 0.109. The summed E-state index contributed by atoms with van der Waals surface area (Å²) in [6.07, 6.45) is 4.75. The van der Waals surface area contributed by atoms with Gasteiger partial charge in [0.25, 0.3) is 5.91 Å². The molecule has 1 aromatic heterocycles. The number of benzene rings is 1. The summed E-state index contributed by atoms with van der Waals surface area (Å²) in [6, 6.07) is 9.49. The molecule has 0 radical (unpaired) electrons. The van der Waals surface area contributed by atoms with Gasteiger partial charge < -0.3 is 9.73 Å². The fourth-order valence-electron chi connectivity index (χ4n) is 2.74. The second-order valence-electron chi connectivity index (χ2n) is 5.48. The molecule has 0 saturated heterocycles. The molecule has 1 heterocycles. The van der Waals surface area contributed by atoms with Crippen LogP contribution in [-0.4, -0.2) is 17.3 Å². The van der Waals surface area contributed by atoms with Crippen LogP contribution in [0.3, 0.4) is 0 Å². The van der Waals surface area contributed by atoms with Gasteiger partial charge in [0.15, 0.2) is 5.76 Å². The van der Waals surface area contributed by atoms with Gasteiger partial charge in [0, 0.05) is 16.8 Å². The van der Waals surface area contributed by atoms with Crippen LogP contribution in [0, 0.1) is 5.92 Å². The van der Waals surface area contributed by atoms with Gasteiger partial charge in [0.1, 0.15) is 5.58 Å². The van der Waals surface area contributed by atoms with Crippen LogP contribution in [0.25, 0.3) is 11.0 Å². The number of hydrogen-bond donors (Lipinski definition) is 1. The Morgan fingerprint density at radius 1 is 1.25 bits per heavy atom. The molecule has 1 saturated carbocycles. The first kappa shape index (κ1) is 13.7.